The van der Waals surface area contributed by atoms with Gasteiger partial charge in [0.2, 0.25) is 0 Å². The molecule has 0 aliphatic carbocycles. The zero-order valence-corrected chi connectivity index (χ0v) is 4.42. The number of hydrogen-bond acceptors (Lipinski definition) is 3. The van der Waals surface area contributed by atoms with Crippen LogP contribution in [0.5, 0.6) is 0 Å². The van der Waals surface area contributed by atoms with Crippen LogP contribution >= 0.6 is 0 Å². The second-order valence-corrected chi connectivity index (χ2v) is 1.35. The highest BCUT2D eigenvalue weighted by molar-refractivity contribution is 5.34. The molecular formula is C6H6N4. The number of aromatic nitrogens is 2. The molecule has 0 aromatic carbocycles. The van der Waals surface area contributed by atoms with Crippen molar-refractivity contribution in [1.29, 1.82) is 10.5 Å². The molecule has 0 radical (unpaired) electrons. The number of nitrogens with zero attached hydrogens (tertiary/aromatic N) is 3. The minimum Gasteiger partial charge on any atom is -0.335 e. The first-order chi connectivity index (χ1) is 4.38. The maximum Gasteiger partial charge on any atom is 0.176 e. The lowest BCUT2D eigenvalue weighted by Crippen LogP contribution is -1.77. The molecule has 0 aliphatic rings. The van der Waals surface area contributed by atoms with Crippen molar-refractivity contribution in [3.05, 3.63) is 17.7 Å². The van der Waals surface area contributed by atoms with Crippen molar-refractivity contribution < 1.29 is 0 Å². The summed E-state index contributed by atoms with van der Waals surface area (Å²) < 4.78 is 0. The zero-order chi connectivity index (χ0) is 6.69. The monoisotopic (exact) mass is 134 g/mol. The zero-order valence-electron chi connectivity index (χ0n) is 4.42. The maximum absolute atomic E-state index is 8.27. The molecule has 0 saturated heterocycles. The van der Waals surface area contributed by atoms with Crippen molar-refractivity contribution in [3.8, 4) is 12.1 Å². The van der Waals surface area contributed by atoms with Crippen LogP contribution in [0.2, 0.25) is 0 Å². The molecule has 0 bridgehead atoms. The second-order valence-electron chi connectivity index (χ2n) is 1.35. The van der Waals surface area contributed by atoms with Gasteiger partial charge in [0.1, 0.15) is 12.1 Å². The van der Waals surface area contributed by atoms with Crippen molar-refractivity contribution in [2.45, 2.75) is 7.43 Å². The highest BCUT2D eigenvalue weighted by Gasteiger charge is 1.99. The number of H-pyrrole nitrogens is 1. The average molecular weight is 134 g/mol. The fourth-order valence-corrected chi connectivity index (χ4v) is 0.464. The van der Waals surface area contributed by atoms with E-state index < -0.39 is 0 Å². The Kier molecular flexibility index (Phi) is 2.67. The summed E-state index contributed by atoms with van der Waals surface area (Å²) in [6.45, 7) is 0. The summed E-state index contributed by atoms with van der Waals surface area (Å²) in [5.74, 6) is 0. The normalized spacial score (nSPS) is 7.00. The molecular weight excluding hydrogens is 128 g/mol. The second kappa shape index (κ2) is 3.26. The Morgan fingerprint density at radius 2 is 2.10 bits per heavy atom. The summed E-state index contributed by atoms with van der Waals surface area (Å²) in [5.41, 5.74) is 0.370. The Morgan fingerprint density at radius 1 is 1.40 bits per heavy atom. The minimum absolute atomic E-state index is 0. The molecule has 1 aromatic rings. The van der Waals surface area contributed by atoms with Crippen LogP contribution in [0.25, 0.3) is 0 Å². The van der Waals surface area contributed by atoms with Crippen molar-refractivity contribution in [2.24, 2.45) is 0 Å². The predicted molar refractivity (Wildman–Crippen MR) is 34.7 cm³/mol. The molecule has 0 atom stereocenters. The number of hydrogen-bond donors (Lipinski definition) is 1. The molecule has 4 heteroatoms. The van der Waals surface area contributed by atoms with E-state index in [-0.39, 0.29) is 18.8 Å². The van der Waals surface area contributed by atoms with Crippen LogP contribution in [0.15, 0.2) is 6.33 Å². The van der Waals surface area contributed by atoms with E-state index in [2.05, 4.69) is 9.97 Å². The van der Waals surface area contributed by atoms with E-state index >= 15 is 0 Å². The van der Waals surface area contributed by atoms with Gasteiger partial charge < -0.3 is 4.98 Å². The first kappa shape index (κ1) is 8.19. The fourth-order valence-electron chi connectivity index (χ4n) is 0.464. The van der Waals surface area contributed by atoms with E-state index in [1.165, 1.54) is 6.33 Å². The molecule has 0 amide bonds. The van der Waals surface area contributed by atoms with Crippen molar-refractivity contribution in [3.63, 3.8) is 0 Å². The Labute approximate surface area is 58.7 Å². The van der Waals surface area contributed by atoms with Crippen molar-refractivity contribution >= 4 is 0 Å². The highest BCUT2D eigenvalue weighted by Crippen LogP contribution is 1.95. The number of rotatable bonds is 0. The molecule has 1 heterocycles. The molecule has 10 heavy (non-hydrogen) atoms. The van der Waals surface area contributed by atoms with Crippen LogP contribution in [0.4, 0.5) is 0 Å². The van der Waals surface area contributed by atoms with Crippen LogP contribution < -0.4 is 0 Å². The van der Waals surface area contributed by atoms with Crippen LogP contribution in [0, 0.1) is 22.7 Å². The summed E-state index contributed by atoms with van der Waals surface area (Å²) in [7, 11) is 0. The molecule has 4 nitrogen and oxygen atoms in total. The van der Waals surface area contributed by atoms with Gasteiger partial charge in [-0.2, -0.15) is 10.5 Å². The van der Waals surface area contributed by atoms with Crippen molar-refractivity contribution in [2.75, 3.05) is 0 Å². The molecule has 0 fully saturated rings. The molecule has 0 saturated carbocycles. The number of nitriles is 2. The Bertz CT molecular complexity index is 257. The number of imidazole rings is 1. The number of aromatic amines is 1. The van der Waals surface area contributed by atoms with Gasteiger partial charge in [-0.3, -0.25) is 0 Å². The van der Waals surface area contributed by atoms with Crippen LogP contribution in [0.3, 0.4) is 0 Å². The Morgan fingerprint density at radius 3 is 2.50 bits per heavy atom. The van der Waals surface area contributed by atoms with Gasteiger partial charge in [0, 0.05) is 0 Å². The quantitative estimate of drug-likeness (QED) is 0.569. The maximum atomic E-state index is 8.27. The summed E-state index contributed by atoms with van der Waals surface area (Å²) in [4.78, 5) is 6.08. The third-order valence-electron chi connectivity index (χ3n) is 0.857. The van der Waals surface area contributed by atoms with Gasteiger partial charge in [-0.05, 0) is 0 Å². The van der Waals surface area contributed by atoms with Crippen LogP contribution in [-0.4, -0.2) is 9.97 Å². The van der Waals surface area contributed by atoms with E-state index in [1.807, 2.05) is 0 Å². The van der Waals surface area contributed by atoms with E-state index in [4.69, 9.17) is 10.5 Å². The largest absolute Gasteiger partial charge is 0.335 e. The molecule has 1 aromatic heterocycles. The van der Waals surface area contributed by atoms with E-state index in [1.54, 1.807) is 12.1 Å². The smallest absolute Gasteiger partial charge is 0.176 e. The third kappa shape index (κ3) is 1.12. The minimum atomic E-state index is 0. The SMILES string of the molecule is C.N#Cc1nc[nH]c1C#N. The lowest BCUT2D eigenvalue weighted by molar-refractivity contribution is 1.29. The van der Waals surface area contributed by atoms with E-state index in [0.29, 0.717) is 0 Å². The molecule has 0 unspecified atom stereocenters. The van der Waals surface area contributed by atoms with E-state index in [0.717, 1.165) is 0 Å². The van der Waals surface area contributed by atoms with Crippen molar-refractivity contribution in [1.82, 2.24) is 9.97 Å². The van der Waals surface area contributed by atoms with Gasteiger partial charge in [-0.15, -0.1) is 0 Å². The van der Waals surface area contributed by atoms with Gasteiger partial charge in [0.25, 0.3) is 0 Å². The topological polar surface area (TPSA) is 76.3 Å². The molecule has 0 spiro atoms. The van der Waals surface area contributed by atoms with Gasteiger partial charge in [-0.25, -0.2) is 4.98 Å². The summed E-state index contributed by atoms with van der Waals surface area (Å²) in [5, 5.41) is 16.5. The standard InChI is InChI=1S/C5H2N4.CH4/c6-1-4-5(2-7)9-3-8-4;/h3H,(H,8,9);1H4. The van der Waals surface area contributed by atoms with Crippen LogP contribution in [0.1, 0.15) is 18.8 Å². The van der Waals surface area contributed by atoms with Gasteiger partial charge in [0.15, 0.2) is 11.4 Å². The summed E-state index contributed by atoms with van der Waals surface area (Å²) in [6.07, 6.45) is 1.32. The predicted octanol–water partition coefficient (Wildman–Crippen LogP) is 0.789. The van der Waals surface area contributed by atoms with Crippen LogP contribution in [-0.2, 0) is 0 Å². The third-order valence-corrected chi connectivity index (χ3v) is 0.857. The lowest BCUT2D eigenvalue weighted by atomic mass is 10.4. The van der Waals surface area contributed by atoms with Gasteiger partial charge >= 0.3 is 0 Å². The van der Waals surface area contributed by atoms with E-state index in [9.17, 15) is 0 Å². The fraction of sp³-hybridized carbons (Fsp3) is 0.167. The molecule has 0 aliphatic heterocycles. The average Bonchev–Trinajstić information content (AvgIpc) is 2.33. The highest BCUT2D eigenvalue weighted by atomic mass is 14.9. The lowest BCUT2D eigenvalue weighted by Gasteiger charge is -1.73. The summed E-state index contributed by atoms with van der Waals surface area (Å²) >= 11 is 0. The first-order valence-corrected chi connectivity index (χ1v) is 2.22. The summed E-state index contributed by atoms with van der Waals surface area (Å²) in [6, 6.07) is 3.55. The molecule has 1 rings (SSSR count). The Hall–Kier alpha value is -1.81. The molecule has 1 N–H and O–H groups in total. The van der Waals surface area contributed by atoms with Gasteiger partial charge in [0.05, 0.1) is 6.33 Å². The first-order valence-electron chi connectivity index (χ1n) is 2.22. The molecule has 50 valence electrons. The number of nitrogens with one attached hydrogen (secondary N) is 1. The van der Waals surface area contributed by atoms with Gasteiger partial charge in [-0.1, -0.05) is 7.43 Å². The Balaban J connectivity index is 0.000000810.